The molecule has 0 fully saturated rings. The Morgan fingerprint density at radius 2 is 0.964 bits per heavy atom. The first-order valence-electron chi connectivity index (χ1n) is 20.9. The number of thiophene rings is 1. The van der Waals surface area contributed by atoms with Gasteiger partial charge in [0.2, 0.25) is 0 Å². The summed E-state index contributed by atoms with van der Waals surface area (Å²) in [5.41, 5.74) is 8.73. The molecule has 0 unspecified atom stereocenters. The lowest BCUT2D eigenvalue weighted by Gasteiger charge is -2.15. The van der Waals surface area contributed by atoms with Crippen LogP contribution in [0.5, 0.6) is 0 Å². The van der Waals surface area contributed by atoms with E-state index in [9.17, 15) is 0 Å². The van der Waals surface area contributed by atoms with Gasteiger partial charge in [-0.3, -0.25) is 0 Å². The van der Waals surface area contributed by atoms with Crippen molar-refractivity contribution < 1.29 is 6.85 Å². The summed E-state index contributed by atoms with van der Waals surface area (Å²) >= 11 is 1.67. The Bertz CT molecular complexity index is 3500. The zero-order valence-electron chi connectivity index (χ0n) is 34.8. The van der Waals surface area contributed by atoms with Gasteiger partial charge in [-0.15, -0.1) is 11.3 Å². The number of hydrogen-bond donors (Lipinski definition) is 0. The summed E-state index contributed by atoms with van der Waals surface area (Å²) in [6, 6.07) is 53.9. The molecule has 0 N–H and O–H groups in total. The number of rotatable bonds is 6. The third-order valence-corrected chi connectivity index (χ3v) is 11.6. The van der Waals surface area contributed by atoms with E-state index in [2.05, 4.69) is 114 Å². The molecule has 4 nitrogen and oxygen atoms in total. The molecule has 0 bridgehead atoms. The molecule has 0 saturated heterocycles. The second-order valence-corrected chi connectivity index (χ2v) is 14.6. The molecule has 0 radical (unpaired) electrons. The number of nitrogens with zero attached hydrogens (tertiary/aromatic N) is 4. The zero-order chi connectivity index (χ0) is 41.4. The molecule has 3 heterocycles. The normalized spacial score (nSPS) is 12.8. The highest BCUT2D eigenvalue weighted by molar-refractivity contribution is 7.26. The maximum absolute atomic E-state index is 8.93. The molecule has 0 aliphatic heterocycles. The molecule has 11 aromatic rings. The molecule has 0 aliphatic rings. The highest BCUT2D eigenvalue weighted by atomic mass is 32.1. The highest BCUT2D eigenvalue weighted by Gasteiger charge is 2.22. The SMILES string of the molecule is [2H]c1c([2H])c([2H])c(-c2nc(-c3ccccc3)nc(-c3cc(-n4c5ccccc5c5cccc(-c6ccccc6)c54)cc4c3sc3c(-c5ccccc5)cccc34)n2)c([2H])c1[2H]. The maximum atomic E-state index is 8.93. The minimum atomic E-state index is -0.480. The molecular weight excluding hydrogens is 701 g/mol. The minimum Gasteiger partial charge on any atom is -0.309 e. The lowest BCUT2D eigenvalue weighted by atomic mass is 10.0. The summed E-state index contributed by atoms with van der Waals surface area (Å²) in [5, 5.41) is 4.33. The standard InChI is InChI=1S/C51H32N4S/c1-5-17-33(18-6-1)38-26-15-28-41-40-25-13-14-30-45(40)55(46(38)41)37-31-43-42-29-16-27-39(34-19-7-2-8-20-34)47(42)56-48(43)44(32-37)51-53-49(35-21-9-3-10-22-35)52-50(54-51)36-23-11-4-12-24-36/h1-32H/i3D,9D,10D,21D,22D. The van der Waals surface area contributed by atoms with E-state index >= 15 is 0 Å². The second-order valence-electron chi connectivity index (χ2n) is 13.6. The molecule has 0 aliphatic carbocycles. The van der Waals surface area contributed by atoms with Gasteiger partial charge in [0.15, 0.2) is 17.5 Å². The van der Waals surface area contributed by atoms with Crippen molar-refractivity contribution >= 4 is 53.3 Å². The minimum absolute atomic E-state index is 0.00582. The van der Waals surface area contributed by atoms with Gasteiger partial charge in [0, 0.05) is 58.9 Å². The van der Waals surface area contributed by atoms with Gasteiger partial charge in [0.05, 0.1) is 17.9 Å². The number of para-hydroxylation sites is 2. The molecule has 0 saturated carbocycles. The summed E-state index contributed by atoms with van der Waals surface area (Å²) in [7, 11) is 0. The monoisotopic (exact) mass is 737 g/mol. The fraction of sp³-hybridized carbons (Fsp3) is 0. The number of fused-ring (bicyclic) bond motifs is 6. The largest absolute Gasteiger partial charge is 0.309 e. The summed E-state index contributed by atoms with van der Waals surface area (Å²) in [6.07, 6.45) is 0. The van der Waals surface area contributed by atoms with E-state index in [1.165, 1.54) is 0 Å². The van der Waals surface area contributed by atoms with Crippen LogP contribution in [0.2, 0.25) is 0 Å². The molecule has 8 aromatic carbocycles. The third-order valence-electron chi connectivity index (χ3n) is 10.3. The molecule has 0 atom stereocenters. The Hall–Kier alpha value is -7.21. The molecule has 0 amide bonds. The molecule has 11 rings (SSSR count). The van der Waals surface area contributed by atoms with Crippen LogP contribution < -0.4 is 0 Å². The smallest absolute Gasteiger partial charge is 0.165 e. The molecule has 5 heteroatoms. The lowest BCUT2D eigenvalue weighted by Crippen LogP contribution is -2.01. The van der Waals surface area contributed by atoms with E-state index in [0.29, 0.717) is 17.2 Å². The average molecular weight is 738 g/mol. The van der Waals surface area contributed by atoms with Crippen molar-refractivity contribution in [1.29, 1.82) is 0 Å². The Balaban J connectivity index is 1.29. The second kappa shape index (κ2) is 13.3. The van der Waals surface area contributed by atoms with Crippen LogP contribution in [0.1, 0.15) is 6.85 Å². The fourth-order valence-electron chi connectivity index (χ4n) is 7.85. The molecule has 0 spiro atoms. The maximum Gasteiger partial charge on any atom is 0.165 e. The summed E-state index contributed by atoms with van der Waals surface area (Å²) in [6.45, 7) is 0. The van der Waals surface area contributed by atoms with Gasteiger partial charge in [-0.05, 0) is 34.9 Å². The average Bonchev–Trinajstić information content (AvgIpc) is 3.87. The fourth-order valence-corrected chi connectivity index (χ4v) is 9.18. The van der Waals surface area contributed by atoms with Crippen molar-refractivity contribution in [2.45, 2.75) is 0 Å². The Morgan fingerprint density at radius 3 is 1.70 bits per heavy atom. The van der Waals surface area contributed by atoms with Crippen LogP contribution in [-0.2, 0) is 0 Å². The van der Waals surface area contributed by atoms with Crippen LogP contribution in [0, 0.1) is 0 Å². The van der Waals surface area contributed by atoms with Gasteiger partial charge in [0.1, 0.15) is 0 Å². The Labute approximate surface area is 334 Å². The van der Waals surface area contributed by atoms with E-state index in [1.54, 1.807) is 11.3 Å². The topological polar surface area (TPSA) is 43.6 Å². The summed E-state index contributed by atoms with van der Waals surface area (Å²) in [5.74, 6) is 0.633. The first-order valence-corrected chi connectivity index (χ1v) is 19.2. The van der Waals surface area contributed by atoms with Crippen LogP contribution in [-0.4, -0.2) is 19.5 Å². The van der Waals surface area contributed by atoms with Crippen molar-refractivity contribution in [3.63, 3.8) is 0 Å². The Morgan fingerprint density at radius 1 is 0.411 bits per heavy atom. The predicted molar refractivity (Wildman–Crippen MR) is 234 cm³/mol. The van der Waals surface area contributed by atoms with Crippen LogP contribution in [0.3, 0.4) is 0 Å². The van der Waals surface area contributed by atoms with Gasteiger partial charge in [-0.25, -0.2) is 15.0 Å². The van der Waals surface area contributed by atoms with Gasteiger partial charge in [0.25, 0.3) is 0 Å². The van der Waals surface area contributed by atoms with E-state index in [1.807, 2.05) is 54.6 Å². The number of aromatic nitrogens is 4. The first-order chi connectivity index (χ1) is 29.9. The van der Waals surface area contributed by atoms with Crippen molar-refractivity contribution in [1.82, 2.24) is 19.5 Å². The van der Waals surface area contributed by atoms with Crippen molar-refractivity contribution in [3.8, 4) is 62.1 Å². The summed E-state index contributed by atoms with van der Waals surface area (Å²) in [4.78, 5) is 15.0. The van der Waals surface area contributed by atoms with E-state index in [4.69, 9.17) is 21.8 Å². The van der Waals surface area contributed by atoms with Crippen LogP contribution >= 0.6 is 11.3 Å². The van der Waals surface area contributed by atoms with Gasteiger partial charge in [-0.2, -0.15) is 0 Å². The van der Waals surface area contributed by atoms with Gasteiger partial charge < -0.3 is 4.57 Å². The lowest BCUT2D eigenvalue weighted by molar-refractivity contribution is 1.07. The number of hydrogen-bond acceptors (Lipinski definition) is 4. The van der Waals surface area contributed by atoms with E-state index in [0.717, 1.165) is 75.5 Å². The van der Waals surface area contributed by atoms with Crippen molar-refractivity contribution in [3.05, 3.63) is 194 Å². The number of benzene rings is 8. The highest BCUT2D eigenvalue weighted by Crippen LogP contribution is 2.46. The molecule has 262 valence electrons. The first kappa shape index (κ1) is 27.4. The van der Waals surface area contributed by atoms with Crippen molar-refractivity contribution in [2.24, 2.45) is 0 Å². The Kier molecular flexibility index (Phi) is 6.49. The molecule has 56 heavy (non-hydrogen) atoms. The quantitative estimate of drug-likeness (QED) is 0.171. The van der Waals surface area contributed by atoms with Crippen LogP contribution in [0.25, 0.3) is 104 Å². The van der Waals surface area contributed by atoms with Gasteiger partial charge in [-0.1, -0.05) is 176 Å². The predicted octanol–water partition coefficient (Wildman–Crippen LogP) is 13.7. The molecular formula is C51H32N4S. The third kappa shape index (κ3) is 5.32. The summed E-state index contributed by atoms with van der Waals surface area (Å²) < 4.78 is 47.6. The molecule has 3 aromatic heterocycles. The van der Waals surface area contributed by atoms with E-state index in [-0.39, 0.29) is 23.5 Å². The van der Waals surface area contributed by atoms with Crippen molar-refractivity contribution in [2.75, 3.05) is 0 Å². The van der Waals surface area contributed by atoms with Crippen LogP contribution in [0.15, 0.2) is 194 Å². The van der Waals surface area contributed by atoms with Gasteiger partial charge >= 0.3 is 0 Å². The van der Waals surface area contributed by atoms with E-state index < -0.39 is 18.1 Å². The van der Waals surface area contributed by atoms with Crippen LogP contribution in [0.4, 0.5) is 0 Å². The zero-order valence-corrected chi connectivity index (χ0v) is 30.6.